The molecule has 2 N–H and O–H groups in total. The van der Waals surface area contributed by atoms with Crippen molar-refractivity contribution in [1.82, 2.24) is 9.55 Å². The van der Waals surface area contributed by atoms with Crippen LogP contribution < -0.4 is 20.9 Å². The molecule has 36 heavy (non-hydrogen) atoms. The number of ether oxygens (including phenoxy) is 1. The second-order valence-electron chi connectivity index (χ2n) is 8.22. The SMILES string of the molecule is CCC(=O)Nc1ccccc1-c1nc2ccccc2n(C(CC)C(=O)Nc2cccc(OC)c2)c1=O. The van der Waals surface area contributed by atoms with Crippen molar-refractivity contribution in [3.63, 3.8) is 0 Å². The quantitative estimate of drug-likeness (QED) is 0.366. The summed E-state index contributed by atoms with van der Waals surface area (Å²) in [5.41, 5.74) is 2.41. The van der Waals surface area contributed by atoms with Gasteiger partial charge < -0.3 is 15.4 Å². The molecule has 4 rings (SSSR count). The average molecular weight is 485 g/mol. The minimum absolute atomic E-state index is 0.160. The average Bonchev–Trinajstić information content (AvgIpc) is 2.90. The van der Waals surface area contributed by atoms with E-state index in [0.29, 0.717) is 46.6 Å². The Balaban J connectivity index is 1.85. The topological polar surface area (TPSA) is 102 Å². The van der Waals surface area contributed by atoms with Crippen molar-refractivity contribution in [2.45, 2.75) is 32.7 Å². The molecule has 1 atom stereocenters. The van der Waals surface area contributed by atoms with Gasteiger partial charge in [0.25, 0.3) is 5.56 Å². The standard InChI is InChI=1S/C28H28N4O4/c1-4-23(27(34)29-18-11-10-12-19(17-18)36-3)32-24-16-9-8-15-22(24)31-26(28(32)35)20-13-6-7-14-21(20)30-25(33)5-2/h6-17,23H,4-5H2,1-3H3,(H,29,34)(H,30,33). The molecule has 1 aromatic heterocycles. The van der Waals surface area contributed by atoms with Gasteiger partial charge in [-0.15, -0.1) is 0 Å². The van der Waals surface area contributed by atoms with Gasteiger partial charge in [0.2, 0.25) is 11.8 Å². The number of para-hydroxylation sites is 3. The number of benzene rings is 3. The van der Waals surface area contributed by atoms with Gasteiger partial charge >= 0.3 is 0 Å². The van der Waals surface area contributed by atoms with Crippen molar-refractivity contribution in [1.29, 1.82) is 0 Å². The van der Waals surface area contributed by atoms with Crippen LogP contribution in [-0.2, 0) is 9.59 Å². The van der Waals surface area contributed by atoms with Crippen LogP contribution in [-0.4, -0.2) is 28.5 Å². The number of amides is 2. The Hall–Kier alpha value is -4.46. The van der Waals surface area contributed by atoms with E-state index in [2.05, 4.69) is 15.6 Å². The van der Waals surface area contributed by atoms with Crippen molar-refractivity contribution >= 4 is 34.2 Å². The van der Waals surface area contributed by atoms with Gasteiger partial charge in [-0.05, 0) is 36.8 Å². The van der Waals surface area contributed by atoms with Gasteiger partial charge in [-0.2, -0.15) is 0 Å². The van der Waals surface area contributed by atoms with Crippen molar-refractivity contribution < 1.29 is 14.3 Å². The van der Waals surface area contributed by atoms with Gasteiger partial charge in [-0.25, -0.2) is 4.98 Å². The second kappa shape index (κ2) is 10.9. The third kappa shape index (κ3) is 4.98. The van der Waals surface area contributed by atoms with E-state index in [4.69, 9.17) is 4.74 Å². The van der Waals surface area contributed by atoms with E-state index in [9.17, 15) is 14.4 Å². The number of anilines is 2. The van der Waals surface area contributed by atoms with E-state index >= 15 is 0 Å². The molecular formula is C28H28N4O4. The molecule has 0 bridgehead atoms. The van der Waals surface area contributed by atoms with Crippen LogP contribution in [0.15, 0.2) is 77.6 Å². The maximum Gasteiger partial charge on any atom is 0.278 e. The molecule has 0 aliphatic rings. The van der Waals surface area contributed by atoms with Gasteiger partial charge in [0.15, 0.2) is 0 Å². The summed E-state index contributed by atoms with van der Waals surface area (Å²) in [5.74, 6) is 0.107. The highest BCUT2D eigenvalue weighted by atomic mass is 16.5. The molecule has 0 radical (unpaired) electrons. The minimum atomic E-state index is -0.798. The molecule has 0 saturated carbocycles. The Morgan fingerprint density at radius 2 is 1.72 bits per heavy atom. The molecule has 184 valence electrons. The first-order chi connectivity index (χ1) is 17.5. The van der Waals surface area contributed by atoms with E-state index < -0.39 is 11.6 Å². The van der Waals surface area contributed by atoms with Crippen LogP contribution in [0.1, 0.15) is 32.7 Å². The van der Waals surface area contributed by atoms with Crippen LogP contribution in [0.25, 0.3) is 22.3 Å². The summed E-state index contributed by atoms with van der Waals surface area (Å²) in [6.45, 7) is 3.61. The number of carbonyl (C=O) groups is 2. The van der Waals surface area contributed by atoms with Gasteiger partial charge in [-0.3, -0.25) is 19.0 Å². The Morgan fingerprint density at radius 3 is 2.47 bits per heavy atom. The minimum Gasteiger partial charge on any atom is -0.497 e. The smallest absolute Gasteiger partial charge is 0.278 e. The largest absolute Gasteiger partial charge is 0.497 e. The molecule has 8 heteroatoms. The van der Waals surface area contributed by atoms with Crippen LogP contribution in [0.2, 0.25) is 0 Å². The Kier molecular flexibility index (Phi) is 7.44. The molecule has 1 heterocycles. The highest BCUT2D eigenvalue weighted by molar-refractivity contribution is 5.96. The molecular weight excluding hydrogens is 456 g/mol. The normalized spacial score (nSPS) is 11.6. The molecule has 0 aliphatic carbocycles. The summed E-state index contributed by atoms with van der Waals surface area (Å²) in [5, 5.41) is 5.75. The zero-order valence-corrected chi connectivity index (χ0v) is 20.4. The highest BCUT2D eigenvalue weighted by Gasteiger charge is 2.25. The lowest BCUT2D eigenvalue weighted by Gasteiger charge is -2.21. The molecule has 0 spiro atoms. The van der Waals surface area contributed by atoms with Gasteiger partial charge in [-0.1, -0.05) is 50.2 Å². The van der Waals surface area contributed by atoms with E-state index in [1.165, 1.54) is 4.57 Å². The van der Waals surface area contributed by atoms with Crippen molar-refractivity contribution in [2.24, 2.45) is 0 Å². The predicted molar refractivity (Wildman–Crippen MR) is 141 cm³/mol. The van der Waals surface area contributed by atoms with Crippen molar-refractivity contribution in [3.05, 3.63) is 83.2 Å². The molecule has 0 aliphatic heterocycles. The summed E-state index contributed by atoms with van der Waals surface area (Å²) in [7, 11) is 1.56. The third-order valence-corrected chi connectivity index (χ3v) is 5.91. The number of methoxy groups -OCH3 is 1. The number of nitrogens with one attached hydrogen (secondary N) is 2. The van der Waals surface area contributed by atoms with Crippen molar-refractivity contribution in [3.8, 4) is 17.0 Å². The molecule has 3 aromatic carbocycles. The lowest BCUT2D eigenvalue weighted by atomic mass is 10.1. The zero-order chi connectivity index (χ0) is 25.7. The summed E-state index contributed by atoms with van der Waals surface area (Å²) >= 11 is 0. The van der Waals surface area contributed by atoms with Crippen molar-refractivity contribution in [2.75, 3.05) is 17.7 Å². The zero-order valence-electron chi connectivity index (χ0n) is 20.4. The van der Waals surface area contributed by atoms with Crippen LogP contribution in [0, 0.1) is 0 Å². The summed E-state index contributed by atoms with van der Waals surface area (Å²) < 4.78 is 6.74. The molecule has 8 nitrogen and oxygen atoms in total. The summed E-state index contributed by atoms with van der Waals surface area (Å²) in [4.78, 5) is 44.2. The number of hydrogen-bond donors (Lipinski definition) is 2. The third-order valence-electron chi connectivity index (χ3n) is 5.91. The van der Waals surface area contributed by atoms with E-state index in [-0.39, 0.29) is 17.5 Å². The van der Waals surface area contributed by atoms with Crippen LogP contribution in [0.3, 0.4) is 0 Å². The van der Waals surface area contributed by atoms with Gasteiger partial charge in [0, 0.05) is 23.7 Å². The number of nitrogens with zero attached hydrogens (tertiary/aromatic N) is 2. The highest BCUT2D eigenvalue weighted by Crippen LogP contribution is 2.28. The molecule has 2 amide bonds. The fourth-order valence-corrected chi connectivity index (χ4v) is 4.09. The molecule has 1 unspecified atom stereocenters. The summed E-state index contributed by atoms with van der Waals surface area (Å²) in [6, 6.07) is 20.5. The number of carbonyl (C=O) groups excluding carboxylic acids is 2. The first-order valence-electron chi connectivity index (χ1n) is 11.8. The predicted octanol–water partition coefficient (Wildman–Crippen LogP) is 5.01. The lowest BCUT2D eigenvalue weighted by molar-refractivity contribution is -0.119. The summed E-state index contributed by atoms with van der Waals surface area (Å²) in [6.07, 6.45) is 0.670. The van der Waals surface area contributed by atoms with E-state index in [1.807, 2.05) is 19.1 Å². The molecule has 4 aromatic rings. The van der Waals surface area contributed by atoms with Gasteiger partial charge in [0.05, 0.1) is 23.8 Å². The Bertz CT molecular complexity index is 1480. The second-order valence-corrected chi connectivity index (χ2v) is 8.22. The fraction of sp³-hybridized carbons (Fsp3) is 0.214. The maximum absolute atomic E-state index is 13.9. The van der Waals surface area contributed by atoms with Crippen LogP contribution in [0.4, 0.5) is 11.4 Å². The molecule has 0 saturated heterocycles. The molecule has 0 fully saturated rings. The monoisotopic (exact) mass is 484 g/mol. The van der Waals surface area contributed by atoms with Gasteiger partial charge in [0.1, 0.15) is 17.5 Å². The lowest BCUT2D eigenvalue weighted by Crippen LogP contribution is -2.34. The van der Waals surface area contributed by atoms with E-state index in [1.54, 1.807) is 74.7 Å². The number of fused-ring (bicyclic) bond motifs is 1. The first kappa shape index (κ1) is 24.7. The number of aromatic nitrogens is 2. The first-order valence-corrected chi connectivity index (χ1v) is 11.8. The number of hydrogen-bond acceptors (Lipinski definition) is 5. The van der Waals surface area contributed by atoms with E-state index in [0.717, 1.165) is 0 Å². The number of rotatable bonds is 8. The van der Waals surface area contributed by atoms with Crippen LogP contribution >= 0.6 is 0 Å². The Morgan fingerprint density at radius 1 is 0.972 bits per heavy atom. The Labute approximate surface area is 208 Å². The fourth-order valence-electron chi connectivity index (χ4n) is 4.09. The maximum atomic E-state index is 13.9. The van der Waals surface area contributed by atoms with Crippen LogP contribution in [0.5, 0.6) is 5.75 Å².